The zero-order valence-corrected chi connectivity index (χ0v) is 13.1. The van der Waals surface area contributed by atoms with E-state index in [4.69, 9.17) is 10.5 Å². The summed E-state index contributed by atoms with van der Waals surface area (Å²) >= 11 is 3.51. The number of carbonyl (C=O) groups excluding carboxylic acids is 1. The Labute approximate surface area is 127 Å². The van der Waals surface area contributed by atoms with E-state index in [-0.39, 0.29) is 5.91 Å². The molecule has 1 aromatic rings. The average Bonchev–Trinajstić information content (AvgIpc) is 2.70. The number of halogens is 1. The van der Waals surface area contributed by atoms with E-state index in [1.165, 1.54) is 0 Å². The average molecular weight is 342 g/mol. The molecule has 0 spiro atoms. The zero-order chi connectivity index (χ0) is 14.5. The molecule has 0 aliphatic carbocycles. The van der Waals surface area contributed by atoms with Crippen molar-refractivity contribution in [2.75, 3.05) is 33.3 Å². The summed E-state index contributed by atoms with van der Waals surface area (Å²) < 4.78 is 6.12. The summed E-state index contributed by atoms with van der Waals surface area (Å²) in [6.45, 7) is 3.49. The van der Waals surface area contributed by atoms with Gasteiger partial charge in [-0.3, -0.25) is 9.69 Å². The summed E-state index contributed by atoms with van der Waals surface area (Å²) in [5, 5.41) is 3.33. The van der Waals surface area contributed by atoms with Gasteiger partial charge in [0.05, 0.1) is 7.11 Å². The minimum Gasteiger partial charge on any atom is -0.497 e. The molecule has 0 aromatic heterocycles. The molecule has 3 N–H and O–H groups in total. The third-order valence-electron chi connectivity index (χ3n) is 3.51. The Balaban J connectivity index is 2.34. The maximum atomic E-state index is 12.0. The highest BCUT2D eigenvalue weighted by Crippen LogP contribution is 2.31. The number of nitrogens with zero attached hydrogens (tertiary/aromatic N) is 1. The summed E-state index contributed by atoms with van der Waals surface area (Å²) in [6, 6.07) is 5.19. The first-order chi connectivity index (χ1) is 9.63. The molecule has 5 nitrogen and oxygen atoms in total. The van der Waals surface area contributed by atoms with Crippen LogP contribution in [0.4, 0.5) is 0 Å². The Kier molecular flexibility index (Phi) is 5.39. The molecule has 1 saturated heterocycles. The first-order valence-corrected chi connectivity index (χ1v) is 7.50. The second-order valence-electron chi connectivity index (χ2n) is 4.83. The van der Waals surface area contributed by atoms with Crippen molar-refractivity contribution in [3.63, 3.8) is 0 Å². The number of primary amides is 1. The number of benzene rings is 1. The molecule has 6 heteroatoms. The molecule has 1 atom stereocenters. The van der Waals surface area contributed by atoms with Crippen LogP contribution < -0.4 is 15.8 Å². The van der Waals surface area contributed by atoms with Gasteiger partial charge in [-0.15, -0.1) is 0 Å². The fraction of sp³-hybridized carbons (Fsp3) is 0.500. The predicted octanol–water partition coefficient (Wildman–Crippen LogP) is 1.28. The van der Waals surface area contributed by atoms with Crippen LogP contribution in [0.15, 0.2) is 22.7 Å². The van der Waals surface area contributed by atoms with Crippen molar-refractivity contribution in [2.24, 2.45) is 5.73 Å². The number of hydrogen-bond acceptors (Lipinski definition) is 4. The van der Waals surface area contributed by atoms with Crippen molar-refractivity contribution >= 4 is 21.8 Å². The molecule has 1 aliphatic heterocycles. The molecule has 1 heterocycles. The number of nitrogens with two attached hydrogens (primary N) is 1. The highest BCUT2D eigenvalue weighted by atomic mass is 79.9. The van der Waals surface area contributed by atoms with Crippen LogP contribution in [0.3, 0.4) is 0 Å². The molecular formula is C14H20BrN3O2. The van der Waals surface area contributed by atoms with Gasteiger partial charge in [0.1, 0.15) is 11.8 Å². The topological polar surface area (TPSA) is 67.6 Å². The fourth-order valence-electron chi connectivity index (χ4n) is 2.51. The van der Waals surface area contributed by atoms with E-state index in [1.807, 2.05) is 18.2 Å². The Morgan fingerprint density at radius 2 is 2.25 bits per heavy atom. The number of amides is 1. The monoisotopic (exact) mass is 341 g/mol. The second-order valence-corrected chi connectivity index (χ2v) is 5.69. The van der Waals surface area contributed by atoms with Crippen molar-refractivity contribution in [1.82, 2.24) is 10.2 Å². The number of nitrogens with one attached hydrogen (secondary N) is 1. The smallest absolute Gasteiger partial charge is 0.239 e. The lowest BCUT2D eigenvalue weighted by atomic mass is 10.0. The van der Waals surface area contributed by atoms with Crippen LogP contribution >= 0.6 is 15.9 Å². The predicted molar refractivity (Wildman–Crippen MR) is 81.7 cm³/mol. The zero-order valence-electron chi connectivity index (χ0n) is 11.6. The SMILES string of the molecule is COc1ccc(Br)c(C(C(N)=O)N2CCCNCC2)c1. The molecule has 20 heavy (non-hydrogen) atoms. The maximum Gasteiger partial charge on any atom is 0.239 e. The molecular weight excluding hydrogens is 322 g/mol. The van der Waals surface area contributed by atoms with Crippen LogP contribution in [0.5, 0.6) is 5.75 Å². The molecule has 0 bridgehead atoms. The summed E-state index contributed by atoms with van der Waals surface area (Å²) in [5.41, 5.74) is 6.51. The minimum atomic E-state index is -0.431. The van der Waals surface area contributed by atoms with Gasteiger partial charge >= 0.3 is 0 Å². The summed E-state index contributed by atoms with van der Waals surface area (Å²) in [5.74, 6) is 0.392. The molecule has 1 aromatic carbocycles. The Bertz CT molecular complexity index is 473. The first-order valence-electron chi connectivity index (χ1n) is 6.71. The summed E-state index contributed by atoms with van der Waals surface area (Å²) in [6.07, 6.45) is 1.01. The Morgan fingerprint density at radius 3 is 2.95 bits per heavy atom. The first kappa shape index (κ1) is 15.3. The molecule has 1 aliphatic rings. The van der Waals surface area contributed by atoms with E-state index in [0.717, 1.165) is 48.4 Å². The Morgan fingerprint density at radius 1 is 1.45 bits per heavy atom. The second kappa shape index (κ2) is 7.06. The van der Waals surface area contributed by atoms with Crippen LogP contribution in [-0.2, 0) is 4.79 Å². The van der Waals surface area contributed by atoms with Gasteiger partial charge in [0, 0.05) is 24.1 Å². The molecule has 0 radical (unpaired) electrons. The lowest BCUT2D eigenvalue weighted by molar-refractivity contribution is -0.123. The summed E-state index contributed by atoms with van der Waals surface area (Å²) in [7, 11) is 1.61. The number of carbonyl (C=O) groups is 1. The van der Waals surface area contributed by atoms with Gasteiger partial charge in [0.15, 0.2) is 0 Å². The minimum absolute atomic E-state index is 0.333. The third-order valence-corrected chi connectivity index (χ3v) is 4.23. The highest BCUT2D eigenvalue weighted by Gasteiger charge is 2.28. The van der Waals surface area contributed by atoms with Gasteiger partial charge in [0.25, 0.3) is 0 Å². The standard InChI is InChI=1S/C14H20BrN3O2/c1-20-10-3-4-12(15)11(9-10)13(14(16)19)18-7-2-5-17-6-8-18/h3-4,9,13,17H,2,5-8H2,1H3,(H2,16,19). The highest BCUT2D eigenvalue weighted by molar-refractivity contribution is 9.10. The van der Waals surface area contributed by atoms with E-state index in [0.29, 0.717) is 0 Å². The normalized spacial score (nSPS) is 18.3. The van der Waals surface area contributed by atoms with Crippen molar-refractivity contribution in [1.29, 1.82) is 0 Å². The quantitative estimate of drug-likeness (QED) is 0.865. The molecule has 1 unspecified atom stereocenters. The number of rotatable bonds is 4. The van der Waals surface area contributed by atoms with Gasteiger partial charge in [-0.05, 0) is 36.7 Å². The number of hydrogen-bond donors (Lipinski definition) is 2. The van der Waals surface area contributed by atoms with E-state index < -0.39 is 6.04 Å². The van der Waals surface area contributed by atoms with Crippen molar-refractivity contribution in [3.8, 4) is 5.75 Å². The van der Waals surface area contributed by atoms with Crippen LogP contribution in [0, 0.1) is 0 Å². The number of methoxy groups -OCH3 is 1. The number of ether oxygens (including phenoxy) is 1. The van der Waals surface area contributed by atoms with Crippen molar-refractivity contribution in [3.05, 3.63) is 28.2 Å². The van der Waals surface area contributed by atoms with E-state index >= 15 is 0 Å². The van der Waals surface area contributed by atoms with Crippen LogP contribution in [0.2, 0.25) is 0 Å². The van der Waals surface area contributed by atoms with Gasteiger partial charge in [-0.25, -0.2) is 0 Å². The lowest BCUT2D eigenvalue weighted by Crippen LogP contribution is -2.40. The van der Waals surface area contributed by atoms with E-state index in [2.05, 4.69) is 26.1 Å². The van der Waals surface area contributed by atoms with E-state index in [9.17, 15) is 4.79 Å². The Hall–Kier alpha value is -1.11. The van der Waals surface area contributed by atoms with Crippen LogP contribution in [0.25, 0.3) is 0 Å². The maximum absolute atomic E-state index is 12.0. The molecule has 110 valence electrons. The summed E-state index contributed by atoms with van der Waals surface area (Å²) in [4.78, 5) is 14.1. The molecule has 1 amide bonds. The fourth-order valence-corrected chi connectivity index (χ4v) is 2.98. The molecule has 2 rings (SSSR count). The van der Waals surface area contributed by atoms with Gasteiger partial charge in [-0.1, -0.05) is 15.9 Å². The largest absolute Gasteiger partial charge is 0.497 e. The van der Waals surface area contributed by atoms with Crippen LogP contribution in [0.1, 0.15) is 18.0 Å². The van der Waals surface area contributed by atoms with Gasteiger partial charge in [-0.2, -0.15) is 0 Å². The van der Waals surface area contributed by atoms with Gasteiger partial charge in [0.2, 0.25) is 5.91 Å². The van der Waals surface area contributed by atoms with Gasteiger partial charge < -0.3 is 15.8 Å². The van der Waals surface area contributed by atoms with Crippen LogP contribution in [-0.4, -0.2) is 44.1 Å². The van der Waals surface area contributed by atoms with Crippen molar-refractivity contribution < 1.29 is 9.53 Å². The molecule has 0 saturated carbocycles. The van der Waals surface area contributed by atoms with Crippen molar-refractivity contribution in [2.45, 2.75) is 12.5 Å². The van der Waals surface area contributed by atoms with E-state index in [1.54, 1.807) is 7.11 Å². The third kappa shape index (κ3) is 3.50. The lowest BCUT2D eigenvalue weighted by Gasteiger charge is -2.29. The molecule has 1 fully saturated rings.